The van der Waals surface area contributed by atoms with Crippen molar-refractivity contribution >= 4 is 12.2 Å². The lowest BCUT2D eigenvalue weighted by atomic mass is 10.2. The Bertz CT molecular complexity index is 581. The smallest absolute Gasteiger partial charge is 0.350 e. The van der Waals surface area contributed by atoms with E-state index in [9.17, 15) is 18.0 Å². The quantitative estimate of drug-likeness (QED) is 0.872. The topological polar surface area (TPSA) is 67.8 Å². The predicted molar refractivity (Wildman–Crippen MR) is 64.0 cm³/mol. The normalized spacial score (nSPS) is 11.2. The molecule has 0 bridgehead atoms. The van der Waals surface area contributed by atoms with Crippen molar-refractivity contribution < 1.29 is 18.0 Å². The Morgan fingerprint density at radius 3 is 2.30 bits per heavy atom. The predicted octanol–water partition coefficient (Wildman–Crippen LogP) is 2.31. The lowest BCUT2D eigenvalue weighted by Gasteiger charge is -2.07. The molecule has 2 heterocycles. The first-order valence-electron chi connectivity index (χ1n) is 5.52. The molecule has 5 nitrogen and oxygen atoms in total. The highest BCUT2D eigenvalue weighted by Crippen LogP contribution is 2.27. The van der Waals surface area contributed by atoms with Crippen LogP contribution in [-0.2, 0) is 12.7 Å². The molecule has 2 aromatic heterocycles. The Hall–Kier alpha value is -2.51. The van der Waals surface area contributed by atoms with Crippen LogP contribution in [0.25, 0.3) is 0 Å². The van der Waals surface area contributed by atoms with Gasteiger partial charge in [0.1, 0.15) is 5.69 Å². The van der Waals surface area contributed by atoms with Crippen LogP contribution in [0.3, 0.4) is 0 Å². The van der Waals surface area contributed by atoms with E-state index in [0.717, 1.165) is 12.3 Å². The number of rotatable bonds is 4. The Morgan fingerprint density at radius 1 is 1.10 bits per heavy atom. The first-order valence-corrected chi connectivity index (χ1v) is 5.52. The van der Waals surface area contributed by atoms with Crippen molar-refractivity contribution in [1.29, 1.82) is 0 Å². The van der Waals surface area contributed by atoms with E-state index in [1.54, 1.807) is 0 Å². The second-order valence-electron chi connectivity index (χ2n) is 3.86. The highest BCUT2D eigenvalue weighted by atomic mass is 19.4. The number of carbonyl (C=O) groups is 1. The molecule has 0 saturated heterocycles. The molecule has 0 radical (unpaired) electrons. The van der Waals surface area contributed by atoms with E-state index in [4.69, 9.17) is 0 Å². The number of carbonyl (C=O) groups excluding carboxylic acids is 1. The van der Waals surface area contributed by atoms with Gasteiger partial charge in [-0.15, -0.1) is 0 Å². The minimum absolute atomic E-state index is 0.228. The minimum Gasteiger partial charge on any atom is -0.350 e. The van der Waals surface area contributed by atoms with Gasteiger partial charge in [0.2, 0.25) is 5.95 Å². The number of aldehydes is 1. The molecule has 8 heteroatoms. The Balaban J connectivity index is 1.98. The van der Waals surface area contributed by atoms with Crippen LogP contribution in [0, 0.1) is 0 Å². The summed E-state index contributed by atoms with van der Waals surface area (Å²) in [6.07, 6.45) is -0.0143. The van der Waals surface area contributed by atoms with Crippen LogP contribution in [0.2, 0.25) is 0 Å². The van der Waals surface area contributed by atoms with Gasteiger partial charge >= 0.3 is 6.18 Å². The van der Waals surface area contributed by atoms with Crippen LogP contribution in [0.4, 0.5) is 19.1 Å². The lowest BCUT2D eigenvalue weighted by Crippen LogP contribution is -2.09. The zero-order valence-corrected chi connectivity index (χ0v) is 10.1. The molecular weight excluding hydrogens is 273 g/mol. The van der Waals surface area contributed by atoms with Gasteiger partial charge in [-0.1, -0.05) is 6.07 Å². The maximum absolute atomic E-state index is 12.3. The minimum atomic E-state index is -4.44. The molecule has 20 heavy (non-hydrogen) atoms. The van der Waals surface area contributed by atoms with E-state index < -0.39 is 11.9 Å². The van der Waals surface area contributed by atoms with Gasteiger partial charge in [0.05, 0.1) is 5.56 Å². The molecule has 104 valence electrons. The third-order valence-corrected chi connectivity index (χ3v) is 2.37. The molecule has 0 aliphatic heterocycles. The number of nitrogens with one attached hydrogen (secondary N) is 1. The van der Waals surface area contributed by atoms with Crippen molar-refractivity contribution in [3.05, 3.63) is 47.5 Å². The molecule has 2 rings (SSSR count). The lowest BCUT2D eigenvalue weighted by molar-refractivity contribution is -0.141. The largest absolute Gasteiger partial charge is 0.433 e. The Morgan fingerprint density at radius 2 is 1.80 bits per heavy atom. The van der Waals surface area contributed by atoms with E-state index >= 15 is 0 Å². The van der Waals surface area contributed by atoms with Gasteiger partial charge < -0.3 is 5.32 Å². The number of hydrogen-bond donors (Lipinski definition) is 1. The SMILES string of the molecule is O=Cc1cnc(NCc2ccc(C(F)(F)F)nc2)nc1. The van der Waals surface area contributed by atoms with Crippen LogP contribution in [0.15, 0.2) is 30.7 Å². The average molecular weight is 282 g/mol. The van der Waals surface area contributed by atoms with E-state index in [0.29, 0.717) is 17.4 Å². The molecular formula is C12H9F3N4O. The summed E-state index contributed by atoms with van der Waals surface area (Å²) in [6, 6.07) is 2.23. The van der Waals surface area contributed by atoms with Gasteiger partial charge in [-0.2, -0.15) is 13.2 Å². The molecule has 0 unspecified atom stereocenters. The molecule has 1 N–H and O–H groups in total. The maximum Gasteiger partial charge on any atom is 0.433 e. The highest BCUT2D eigenvalue weighted by molar-refractivity contribution is 5.73. The third-order valence-electron chi connectivity index (χ3n) is 2.37. The summed E-state index contributed by atoms with van der Waals surface area (Å²) < 4.78 is 36.9. The molecule has 2 aromatic rings. The number of hydrogen-bond acceptors (Lipinski definition) is 5. The molecule has 0 atom stereocenters. The van der Waals surface area contributed by atoms with Gasteiger partial charge in [0, 0.05) is 25.1 Å². The summed E-state index contributed by atoms with van der Waals surface area (Å²) in [7, 11) is 0. The highest BCUT2D eigenvalue weighted by Gasteiger charge is 2.31. The summed E-state index contributed by atoms with van der Waals surface area (Å²) in [5.41, 5.74) is -0.0411. The monoisotopic (exact) mass is 282 g/mol. The molecule has 0 fully saturated rings. The zero-order chi connectivity index (χ0) is 14.6. The second-order valence-corrected chi connectivity index (χ2v) is 3.86. The van der Waals surface area contributed by atoms with Crippen molar-refractivity contribution in [2.24, 2.45) is 0 Å². The average Bonchev–Trinajstić information content (AvgIpc) is 2.45. The van der Waals surface area contributed by atoms with Crippen LogP contribution < -0.4 is 5.32 Å². The van der Waals surface area contributed by atoms with Crippen molar-refractivity contribution in [3.8, 4) is 0 Å². The zero-order valence-electron chi connectivity index (χ0n) is 10.1. The number of pyridine rings is 1. The van der Waals surface area contributed by atoms with Gasteiger partial charge in [0.15, 0.2) is 6.29 Å². The van der Waals surface area contributed by atoms with Crippen molar-refractivity contribution in [3.63, 3.8) is 0 Å². The molecule has 0 aliphatic rings. The van der Waals surface area contributed by atoms with Gasteiger partial charge in [0.25, 0.3) is 0 Å². The molecule has 0 amide bonds. The first kappa shape index (κ1) is 13.9. The summed E-state index contributed by atoms with van der Waals surface area (Å²) in [6.45, 7) is 0.228. The Labute approximate surface area is 111 Å². The molecule has 0 aliphatic carbocycles. The second kappa shape index (κ2) is 5.64. The summed E-state index contributed by atoms with van der Waals surface area (Å²) in [4.78, 5) is 21.5. The third kappa shape index (κ3) is 3.50. The summed E-state index contributed by atoms with van der Waals surface area (Å²) in [5, 5.41) is 2.81. The van der Waals surface area contributed by atoms with E-state index in [1.165, 1.54) is 18.5 Å². The van der Waals surface area contributed by atoms with E-state index in [-0.39, 0.29) is 12.5 Å². The van der Waals surface area contributed by atoms with Crippen molar-refractivity contribution in [2.45, 2.75) is 12.7 Å². The Kier molecular flexibility index (Phi) is 3.92. The van der Waals surface area contributed by atoms with Crippen LogP contribution in [-0.4, -0.2) is 21.2 Å². The molecule has 0 aromatic carbocycles. The number of aromatic nitrogens is 3. The fourth-order valence-corrected chi connectivity index (χ4v) is 1.37. The van der Waals surface area contributed by atoms with Crippen LogP contribution >= 0.6 is 0 Å². The van der Waals surface area contributed by atoms with Crippen LogP contribution in [0.5, 0.6) is 0 Å². The standard InChI is InChI=1S/C12H9F3N4O/c13-12(14,15)10-2-1-8(3-16-10)4-17-11-18-5-9(7-20)6-19-11/h1-3,5-7H,4H2,(H,17,18,19). The van der Waals surface area contributed by atoms with Crippen molar-refractivity contribution in [1.82, 2.24) is 15.0 Å². The number of nitrogens with zero attached hydrogens (tertiary/aromatic N) is 3. The maximum atomic E-state index is 12.3. The van der Waals surface area contributed by atoms with Crippen molar-refractivity contribution in [2.75, 3.05) is 5.32 Å². The van der Waals surface area contributed by atoms with E-state index in [1.807, 2.05) is 0 Å². The first-order chi connectivity index (χ1) is 9.49. The fourth-order valence-electron chi connectivity index (χ4n) is 1.37. The number of anilines is 1. The number of alkyl halides is 3. The molecule has 0 saturated carbocycles. The van der Waals surface area contributed by atoms with Gasteiger partial charge in [-0.25, -0.2) is 9.97 Å². The fraction of sp³-hybridized carbons (Fsp3) is 0.167. The number of halogens is 3. The van der Waals surface area contributed by atoms with Gasteiger partial charge in [-0.3, -0.25) is 9.78 Å². The summed E-state index contributed by atoms with van der Waals surface area (Å²) >= 11 is 0. The van der Waals surface area contributed by atoms with Gasteiger partial charge in [-0.05, 0) is 11.6 Å². The van der Waals surface area contributed by atoms with E-state index in [2.05, 4.69) is 20.3 Å². The summed E-state index contributed by atoms with van der Waals surface area (Å²) in [5.74, 6) is 0.274. The van der Waals surface area contributed by atoms with Crippen LogP contribution in [0.1, 0.15) is 21.6 Å². The molecule has 0 spiro atoms.